The Labute approximate surface area is 170 Å². The molecule has 0 spiro atoms. The number of amides is 1. The van der Waals surface area contributed by atoms with Crippen LogP contribution in [0.3, 0.4) is 0 Å². The predicted octanol–water partition coefficient (Wildman–Crippen LogP) is 4.31. The third kappa shape index (κ3) is 5.25. The number of rotatable bonds is 8. The third-order valence-corrected chi connectivity index (χ3v) is 4.58. The second-order valence-corrected chi connectivity index (χ2v) is 6.57. The number of benzene rings is 2. The Morgan fingerprint density at radius 3 is 2.48 bits per heavy atom. The summed E-state index contributed by atoms with van der Waals surface area (Å²) in [4.78, 5) is 16.7. The normalized spacial score (nSPS) is 10.3. The molecule has 0 saturated heterocycles. The van der Waals surface area contributed by atoms with Crippen LogP contribution in [0.15, 0.2) is 60.8 Å². The maximum absolute atomic E-state index is 12.4. The van der Waals surface area contributed by atoms with E-state index in [0.29, 0.717) is 17.0 Å². The van der Waals surface area contributed by atoms with Crippen LogP contribution in [0.2, 0.25) is 0 Å². The highest BCUT2D eigenvalue weighted by Crippen LogP contribution is 2.27. The number of aromatic nitrogens is 1. The minimum absolute atomic E-state index is 0.140. The van der Waals surface area contributed by atoms with E-state index < -0.39 is 0 Å². The van der Waals surface area contributed by atoms with Crippen molar-refractivity contribution in [3.05, 3.63) is 77.5 Å². The summed E-state index contributed by atoms with van der Waals surface area (Å²) in [6, 6.07) is 17.1. The Balaban J connectivity index is 1.53. The number of hydrogen-bond donors (Lipinski definition) is 2. The molecule has 1 heterocycles. The molecule has 0 aliphatic rings. The van der Waals surface area contributed by atoms with Gasteiger partial charge in [-0.15, -0.1) is 0 Å². The van der Waals surface area contributed by atoms with Crippen molar-refractivity contribution in [3.63, 3.8) is 0 Å². The van der Waals surface area contributed by atoms with Crippen molar-refractivity contribution in [3.8, 4) is 11.5 Å². The highest BCUT2D eigenvalue weighted by atomic mass is 16.5. The fraction of sp³-hybridized carbons (Fsp3) is 0.217. The number of carbonyl (C=O) groups excluding carboxylic acids is 1. The number of anilines is 2. The lowest BCUT2D eigenvalue weighted by atomic mass is 10.1. The summed E-state index contributed by atoms with van der Waals surface area (Å²) in [5.41, 5.74) is 3.39. The third-order valence-electron chi connectivity index (χ3n) is 4.58. The van der Waals surface area contributed by atoms with Crippen LogP contribution in [-0.2, 0) is 6.42 Å². The highest BCUT2D eigenvalue weighted by molar-refractivity contribution is 6.05. The van der Waals surface area contributed by atoms with Crippen LogP contribution in [0.25, 0.3) is 0 Å². The summed E-state index contributed by atoms with van der Waals surface area (Å²) >= 11 is 0. The van der Waals surface area contributed by atoms with Gasteiger partial charge in [-0.1, -0.05) is 24.3 Å². The largest absolute Gasteiger partial charge is 0.493 e. The second kappa shape index (κ2) is 9.59. The topological polar surface area (TPSA) is 72.5 Å². The van der Waals surface area contributed by atoms with E-state index in [4.69, 9.17) is 9.47 Å². The molecule has 2 aromatic carbocycles. The maximum Gasteiger partial charge on any atom is 0.255 e. The number of aryl methyl sites for hydroxylation is 1. The predicted molar refractivity (Wildman–Crippen MR) is 115 cm³/mol. The fourth-order valence-electron chi connectivity index (χ4n) is 2.97. The maximum atomic E-state index is 12.4. The number of pyridine rings is 1. The van der Waals surface area contributed by atoms with Crippen LogP contribution in [0.4, 0.5) is 11.5 Å². The molecule has 3 aromatic rings. The van der Waals surface area contributed by atoms with Gasteiger partial charge < -0.3 is 20.1 Å². The smallest absolute Gasteiger partial charge is 0.255 e. The van der Waals surface area contributed by atoms with Gasteiger partial charge in [0, 0.05) is 12.1 Å². The molecule has 0 fully saturated rings. The lowest BCUT2D eigenvalue weighted by Crippen LogP contribution is -2.13. The monoisotopic (exact) mass is 391 g/mol. The highest BCUT2D eigenvalue weighted by Gasteiger charge is 2.09. The van der Waals surface area contributed by atoms with Gasteiger partial charge in [-0.3, -0.25) is 4.79 Å². The van der Waals surface area contributed by atoms with Crippen molar-refractivity contribution >= 4 is 17.4 Å². The summed E-state index contributed by atoms with van der Waals surface area (Å²) in [5.74, 6) is 2.05. The van der Waals surface area contributed by atoms with E-state index in [-0.39, 0.29) is 5.91 Å². The Kier molecular flexibility index (Phi) is 6.68. The van der Waals surface area contributed by atoms with Gasteiger partial charge in [0.15, 0.2) is 11.5 Å². The molecule has 150 valence electrons. The molecule has 6 heteroatoms. The van der Waals surface area contributed by atoms with Crippen molar-refractivity contribution in [1.82, 2.24) is 4.98 Å². The van der Waals surface area contributed by atoms with E-state index in [2.05, 4.69) is 15.6 Å². The molecule has 0 aliphatic heterocycles. The molecule has 2 N–H and O–H groups in total. The van der Waals surface area contributed by atoms with Crippen LogP contribution < -0.4 is 20.1 Å². The van der Waals surface area contributed by atoms with Crippen LogP contribution in [0.5, 0.6) is 11.5 Å². The molecule has 0 aliphatic carbocycles. The zero-order chi connectivity index (χ0) is 20.6. The number of ether oxygens (including phenoxy) is 2. The van der Waals surface area contributed by atoms with E-state index >= 15 is 0 Å². The molecule has 0 saturated carbocycles. The van der Waals surface area contributed by atoms with Crippen molar-refractivity contribution in [2.24, 2.45) is 0 Å². The quantitative estimate of drug-likeness (QED) is 0.598. The summed E-state index contributed by atoms with van der Waals surface area (Å²) in [5, 5.41) is 6.16. The first-order valence-electron chi connectivity index (χ1n) is 9.38. The molecular formula is C23H25N3O3. The Morgan fingerprint density at radius 1 is 1.00 bits per heavy atom. The summed E-state index contributed by atoms with van der Waals surface area (Å²) < 4.78 is 10.6. The number of nitrogens with zero attached hydrogens (tertiary/aromatic N) is 1. The summed E-state index contributed by atoms with van der Waals surface area (Å²) in [6.45, 7) is 2.63. The fourth-order valence-corrected chi connectivity index (χ4v) is 2.97. The first kappa shape index (κ1) is 20.2. The van der Waals surface area contributed by atoms with E-state index in [1.165, 1.54) is 0 Å². The van der Waals surface area contributed by atoms with E-state index in [1.807, 2.05) is 61.5 Å². The minimum Gasteiger partial charge on any atom is -0.493 e. The minimum atomic E-state index is -0.140. The van der Waals surface area contributed by atoms with Crippen molar-refractivity contribution in [2.75, 3.05) is 31.4 Å². The Morgan fingerprint density at radius 2 is 1.79 bits per heavy atom. The van der Waals surface area contributed by atoms with Gasteiger partial charge in [0.05, 0.1) is 26.1 Å². The lowest BCUT2D eigenvalue weighted by molar-refractivity contribution is 0.102. The average molecular weight is 391 g/mol. The zero-order valence-electron chi connectivity index (χ0n) is 16.9. The van der Waals surface area contributed by atoms with Crippen molar-refractivity contribution in [2.45, 2.75) is 13.3 Å². The molecule has 29 heavy (non-hydrogen) atoms. The molecule has 6 nitrogen and oxygen atoms in total. The van der Waals surface area contributed by atoms with Crippen molar-refractivity contribution < 1.29 is 14.3 Å². The lowest BCUT2D eigenvalue weighted by Gasteiger charge is -2.11. The molecule has 0 radical (unpaired) electrons. The number of methoxy groups -OCH3 is 2. The molecule has 0 unspecified atom stereocenters. The van der Waals surface area contributed by atoms with Gasteiger partial charge in [0.25, 0.3) is 5.91 Å². The summed E-state index contributed by atoms with van der Waals surface area (Å²) in [7, 11) is 3.25. The molecule has 1 amide bonds. The van der Waals surface area contributed by atoms with Gasteiger partial charge in [-0.05, 0) is 54.8 Å². The number of carbonyl (C=O) groups is 1. The number of hydrogen-bond acceptors (Lipinski definition) is 5. The molecular weight excluding hydrogens is 366 g/mol. The first-order valence-corrected chi connectivity index (χ1v) is 9.38. The van der Waals surface area contributed by atoms with Crippen LogP contribution in [0.1, 0.15) is 21.5 Å². The van der Waals surface area contributed by atoms with Gasteiger partial charge in [0.1, 0.15) is 5.82 Å². The van der Waals surface area contributed by atoms with E-state index in [1.54, 1.807) is 20.4 Å². The van der Waals surface area contributed by atoms with Gasteiger partial charge in [-0.2, -0.15) is 0 Å². The van der Waals surface area contributed by atoms with Crippen LogP contribution in [0, 0.1) is 6.92 Å². The molecule has 3 rings (SSSR count). The number of nitrogens with one attached hydrogen (secondary N) is 2. The zero-order valence-corrected chi connectivity index (χ0v) is 16.9. The van der Waals surface area contributed by atoms with Crippen LogP contribution in [-0.4, -0.2) is 31.7 Å². The summed E-state index contributed by atoms with van der Waals surface area (Å²) in [6.07, 6.45) is 2.46. The van der Waals surface area contributed by atoms with Crippen LogP contribution >= 0.6 is 0 Å². The Hall–Kier alpha value is -3.54. The van der Waals surface area contributed by atoms with Crippen molar-refractivity contribution in [1.29, 1.82) is 0 Å². The van der Waals surface area contributed by atoms with Gasteiger partial charge in [0.2, 0.25) is 0 Å². The van der Waals surface area contributed by atoms with E-state index in [9.17, 15) is 4.79 Å². The average Bonchev–Trinajstić information content (AvgIpc) is 2.75. The van der Waals surface area contributed by atoms with E-state index in [0.717, 1.165) is 35.7 Å². The molecule has 0 atom stereocenters. The standard InChI is InChI=1S/C23H25N3O3/c1-16-6-4-5-7-19(16)23(27)26-18-9-11-22(25-15-18)24-13-12-17-8-10-20(28-2)21(14-17)29-3/h4-11,14-15H,12-13H2,1-3H3,(H,24,25)(H,26,27). The molecule has 0 bridgehead atoms. The SMILES string of the molecule is COc1ccc(CCNc2ccc(NC(=O)c3ccccc3C)cn2)cc1OC. The van der Waals surface area contributed by atoms with Gasteiger partial charge in [-0.25, -0.2) is 4.98 Å². The molecule has 1 aromatic heterocycles. The first-order chi connectivity index (χ1) is 14.1. The van der Waals surface area contributed by atoms with Gasteiger partial charge >= 0.3 is 0 Å². The second-order valence-electron chi connectivity index (χ2n) is 6.57. The Bertz CT molecular complexity index is 971.